The van der Waals surface area contributed by atoms with Gasteiger partial charge >= 0.3 is 5.69 Å². The number of nitrogens with zero attached hydrogens (tertiary/aromatic N) is 3. The summed E-state index contributed by atoms with van der Waals surface area (Å²) in [5.41, 5.74) is -0.365. The Balaban J connectivity index is 2.45. The predicted octanol–water partition coefficient (Wildman–Crippen LogP) is 2.30. The van der Waals surface area contributed by atoms with E-state index in [2.05, 4.69) is 16.8 Å². The van der Waals surface area contributed by atoms with Gasteiger partial charge in [0.15, 0.2) is 5.69 Å². The number of rotatable bonds is 2. The van der Waals surface area contributed by atoms with Crippen molar-refractivity contribution in [2.24, 2.45) is 0 Å². The van der Waals surface area contributed by atoms with Crippen molar-refractivity contribution in [2.75, 3.05) is 0 Å². The highest BCUT2D eigenvalue weighted by Crippen LogP contribution is 2.21. The van der Waals surface area contributed by atoms with E-state index in [1.807, 2.05) is 6.07 Å². The highest BCUT2D eigenvalue weighted by Gasteiger charge is 2.19. The van der Waals surface area contributed by atoms with Crippen LogP contribution in [0.1, 0.15) is 11.3 Å². The van der Waals surface area contributed by atoms with Crippen molar-refractivity contribution >= 4 is 11.4 Å². The highest BCUT2D eigenvalue weighted by molar-refractivity contribution is 5.53. The maximum absolute atomic E-state index is 10.9. The lowest BCUT2D eigenvalue weighted by molar-refractivity contribution is -0.394. The van der Waals surface area contributed by atoms with Crippen LogP contribution in [0.5, 0.6) is 0 Å². The molecule has 0 saturated carbocycles. The van der Waals surface area contributed by atoms with Crippen LogP contribution in [0.25, 0.3) is 0 Å². The Bertz CT molecular complexity index is 732. The van der Waals surface area contributed by atoms with Crippen molar-refractivity contribution in [1.29, 1.82) is 0 Å². The third-order valence-electron chi connectivity index (χ3n) is 2.36. The van der Waals surface area contributed by atoms with Gasteiger partial charge in [-0.3, -0.25) is 20.2 Å². The Kier molecular flexibility index (Phi) is 3.67. The van der Waals surface area contributed by atoms with Gasteiger partial charge in [0.2, 0.25) is 0 Å². The van der Waals surface area contributed by atoms with Gasteiger partial charge in [-0.1, -0.05) is 24.1 Å². The minimum atomic E-state index is -0.742. The van der Waals surface area contributed by atoms with E-state index in [1.54, 1.807) is 24.3 Å². The lowest BCUT2D eigenvalue weighted by atomic mass is 10.2. The summed E-state index contributed by atoms with van der Waals surface area (Å²) in [4.78, 5) is 23.7. The van der Waals surface area contributed by atoms with Gasteiger partial charge < -0.3 is 0 Å². The van der Waals surface area contributed by atoms with E-state index >= 15 is 0 Å². The summed E-state index contributed by atoms with van der Waals surface area (Å²) in [6.07, 6.45) is 0.946. The molecule has 0 N–H and O–H groups in total. The molecule has 2 rings (SSSR count). The van der Waals surface area contributed by atoms with Crippen LogP contribution in [0.2, 0.25) is 0 Å². The first kappa shape index (κ1) is 13.2. The quantitative estimate of drug-likeness (QED) is 0.473. The fraction of sp³-hybridized carbons (Fsp3) is 0. The maximum atomic E-state index is 10.9. The summed E-state index contributed by atoms with van der Waals surface area (Å²) in [5.74, 6) is 5.27. The van der Waals surface area contributed by atoms with E-state index < -0.39 is 21.2 Å². The molecule has 0 aliphatic rings. The molecule has 0 radical (unpaired) electrons. The van der Waals surface area contributed by atoms with Crippen LogP contribution in [0.4, 0.5) is 11.4 Å². The number of pyridine rings is 1. The molecule has 0 spiro atoms. The molecule has 0 aliphatic carbocycles. The zero-order valence-electron chi connectivity index (χ0n) is 10.0. The smallest absolute Gasteiger partial charge is 0.258 e. The predicted molar refractivity (Wildman–Crippen MR) is 70.0 cm³/mol. The number of hydrogen-bond acceptors (Lipinski definition) is 5. The Morgan fingerprint density at radius 1 is 1.00 bits per heavy atom. The van der Waals surface area contributed by atoms with Gasteiger partial charge in [-0.25, -0.2) is 4.98 Å². The topological polar surface area (TPSA) is 99.2 Å². The normalized spacial score (nSPS) is 9.40. The van der Waals surface area contributed by atoms with Crippen LogP contribution in [-0.4, -0.2) is 14.8 Å². The summed E-state index contributed by atoms with van der Waals surface area (Å²) in [6.45, 7) is 0. The molecule has 1 heterocycles. The van der Waals surface area contributed by atoms with E-state index in [0.29, 0.717) is 5.56 Å². The molecular weight excluding hydrogens is 262 g/mol. The molecule has 2 aromatic rings. The van der Waals surface area contributed by atoms with E-state index in [1.165, 1.54) is 0 Å². The van der Waals surface area contributed by atoms with E-state index in [0.717, 1.165) is 12.3 Å². The van der Waals surface area contributed by atoms with Crippen molar-refractivity contribution in [3.8, 4) is 11.8 Å². The number of benzene rings is 1. The lowest BCUT2D eigenvalue weighted by Gasteiger charge is -1.95. The molecule has 1 aromatic heterocycles. The third kappa shape index (κ3) is 2.94. The summed E-state index contributed by atoms with van der Waals surface area (Å²) in [6, 6.07) is 9.71. The first-order valence-electron chi connectivity index (χ1n) is 5.44. The molecule has 20 heavy (non-hydrogen) atoms. The first-order chi connectivity index (χ1) is 9.58. The second kappa shape index (κ2) is 5.58. The third-order valence-corrected chi connectivity index (χ3v) is 2.36. The molecule has 7 heteroatoms. The van der Waals surface area contributed by atoms with Crippen LogP contribution < -0.4 is 0 Å². The molecule has 0 unspecified atom stereocenters. The zero-order valence-corrected chi connectivity index (χ0v) is 10.0. The minimum Gasteiger partial charge on any atom is -0.258 e. The van der Waals surface area contributed by atoms with Gasteiger partial charge in [0.1, 0.15) is 6.20 Å². The van der Waals surface area contributed by atoms with Crippen LogP contribution >= 0.6 is 0 Å². The monoisotopic (exact) mass is 269 g/mol. The second-order valence-corrected chi connectivity index (χ2v) is 3.69. The van der Waals surface area contributed by atoms with Crippen LogP contribution in [0.15, 0.2) is 42.6 Å². The van der Waals surface area contributed by atoms with Crippen LogP contribution in [-0.2, 0) is 0 Å². The fourth-order valence-electron chi connectivity index (χ4n) is 1.43. The van der Waals surface area contributed by atoms with Crippen molar-refractivity contribution in [1.82, 2.24) is 4.98 Å². The molecule has 0 atom stereocenters. The first-order valence-corrected chi connectivity index (χ1v) is 5.44. The fourth-order valence-corrected chi connectivity index (χ4v) is 1.43. The SMILES string of the molecule is O=[N+]([O-])c1cnc(C#Cc2ccccc2)c([N+](=O)[O-])c1. The van der Waals surface area contributed by atoms with Crippen molar-refractivity contribution < 1.29 is 9.85 Å². The van der Waals surface area contributed by atoms with Gasteiger partial charge in [0.25, 0.3) is 5.69 Å². The molecule has 0 bridgehead atoms. The summed E-state index contributed by atoms with van der Waals surface area (Å²) >= 11 is 0. The Morgan fingerprint density at radius 2 is 1.70 bits per heavy atom. The van der Waals surface area contributed by atoms with Crippen molar-refractivity contribution in [3.05, 3.63) is 74.1 Å². The van der Waals surface area contributed by atoms with E-state index in [4.69, 9.17) is 0 Å². The highest BCUT2D eigenvalue weighted by atomic mass is 16.6. The van der Waals surface area contributed by atoms with Gasteiger partial charge in [0, 0.05) is 5.56 Å². The Morgan fingerprint density at radius 3 is 2.30 bits per heavy atom. The molecular formula is C13H7N3O4. The molecule has 1 aromatic carbocycles. The Hall–Kier alpha value is -3.27. The van der Waals surface area contributed by atoms with Crippen molar-refractivity contribution in [2.45, 2.75) is 0 Å². The zero-order chi connectivity index (χ0) is 14.5. The van der Waals surface area contributed by atoms with Gasteiger partial charge in [-0.05, 0) is 18.1 Å². The average molecular weight is 269 g/mol. The van der Waals surface area contributed by atoms with Crippen LogP contribution in [0, 0.1) is 32.1 Å². The second-order valence-electron chi connectivity index (χ2n) is 3.69. The number of hydrogen-bond donors (Lipinski definition) is 0. The molecule has 0 aliphatic heterocycles. The summed E-state index contributed by atoms with van der Waals surface area (Å²) < 4.78 is 0. The number of nitro groups is 2. The van der Waals surface area contributed by atoms with Crippen molar-refractivity contribution in [3.63, 3.8) is 0 Å². The van der Waals surface area contributed by atoms with Gasteiger partial charge in [0.05, 0.1) is 15.9 Å². The van der Waals surface area contributed by atoms with E-state index in [-0.39, 0.29) is 5.69 Å². The maximum Gasteiger partial charge on any atom is 0.310 e. The molecule has 98 valence electrons. The van der Waals surface area contributed by atoms with Crippen LogP contribution in [0.3, 0.4) is 0 Å². The molecule has 7 nitrogen and oxygen atoms in total. The Labute approximate surface area is 113 Å². The molecule has 0 amide bonds. The van der Waals surface area contributed by atoms with E-state index in [9.17, 15) is 20.2 Å². The van der Waals surface area contributed by atoms with Gasteiger partial charge in [-0.2, -0.15) is 0 Å². The average Bonchev–Trinajstić information content (AvgIpc) is 2.45. The standard InChI is InChI=1S/C13H7N3O4/c17-15(18)11-8-13(16(19)20)12(14-9-11)7-6-10-4-2-1-3-5-10/h1-5,8-9H. The lowest BCUT2D eigenvalue weighted by Crippen LogP contribution is -1.98. The summed E-state index contributed by atoms with van der Waals surface area (Å²) in [7, 11) is 0. The molecule has 0 saturated heterocycles. The molecule has 0 fully saturated rings. The summed E-state index contributed by atoms with van der Waals surface area (Å²) in [5, 5.41) is 21.5. The largest absolute Gasteiger partial charge is 0.310 e. The number of aromatic nitrogens is 1. The van der Waals surface area contributed by atoms with Gasteiger partial charge in [-0.15, -0.1) is 0 Å². The minimum absolute atomic E-state index is 0.107.